The van der Waals surface area contributed by atoms with Crippen molar-refractivity contribution in [1.29, 1.82) is 0 Å². The van der Waals surface area contributed by atoms with Crippen molar-refractivity contribution in [2.75, 3.05) is 4.90 Å². The van der Waals surface area contributed by atoms with Gasteiger partial charge in [0, 0.05) is 16.9 Å². The number of carbonyl (C=O) groups excluding carboxylic acids is 2. The molecule has 32 heavy (non-hydrogen) atoms. The Morgan fingerprint density at radius 2 is 1.38 bits per heavy atom. The van der Waals surface area contributed by atoms with E-state index >= 15 is 0 Å². The summed E-state index contributed by atoms with van der Waals surface area (Å²) in [4.78, 5) is 28.9. The normalized spacial score (nSPS) is 26.0. The number of carbonyl (C=O) groups is 2. The Bertz CT molecular complexity index is 1260. The van der Waals surface area contributed by atoms with Crippen LogP contribution in [0.1, 0.15) is 65.8 Å². The van der Waals surface area contributed by atoms with E-state index in [0.29, 0.717) is 16.6 Å². The SMILES string of the molecule is CCC(C)c1ccc2c(c1)C1c3ccccc3C2C2C(=O)N(c3ccc(Cl)cc3)C(=O)C12. The fourth-order valence-corrected chi connectivity index (χ4v) is 6.26. The molecule has 5 atom stereocenters. The maximum absolute atomic E-state index is 13.8. The van der Waals surface area contributed by atoms with Gasteiger partial charge in [-0.3, -0.25) is 9.59 Å². The smallest absolute Gasteiger partial charge is 0.238 e. The lowest BCUT2D eigenvalue weighted by molar-refractivity contribution is -0.122. The van der Waals surface area contributed by atoms with Gasteiger partial charge in [-0.25, -0.2) is 4.90 Å². The number of benzene rings is 3. The Labute approximate surface area is 193 Å². The molecule has 0 aromatic heterocycles. The van der Waals surface area contributed by atoms with Crippen LogP contribution in [0.15, 0.2) is 66.7 Å². The second-order valence-corrected chi connectivity index (χ2v) is 9.76. The van der Waals surface area contributed by atoms with Crippen LogP contribution < -0.4 is 4.90 Å². The van der Waals surface area contributed by atoms with Crippen molar-refractivity contribution in [2.24, 2.45) is 11.8 Å². The predicted molar refractivity (Wildman–Crippen MR) is 126 cm³/mol. The third-order valence-electron chi connectivity index (χ3n) is 7.83. The molecule has 4 aliphatic rings. The summed E-state index contributed by atoms with van der Waals surface area (Å²) < 4.78 is 0. The van der Waals surface area contributed by atoms with Crippen molar-refractivity contribution in [3.05, 3.63) is 99.6 Å². The highest BCUT2D eigenvalue weighted by molar-refractivity contribution is 6.31. The summed E-state index contributed by atoms with van der Waals surface area (Å²) in [6.07, 6.45) is 1.07. The van der Waals surface area contributed by atoms with Gasteiger partial charge in [0.1, 0.15) is 0 Å². The minimum absolute atomic E-state index is 0.0871. The number of rotatable bonds is 3. The lowest BCUT2D eigenvalue weighted by Gasteiger charge is -2.46. The Morgan fingerprint density at radius 1 is 0.812 bits per heavy atom. The van der Waals surface area contributed by atoms with E-state index in [1.807, 2.05) is 12.1 Å². The van der Waals surface area contributed by atoms with E-state index in [1.165, 1.54) is 32.7 Å². The Hall–Kier alpha value is -2.91. The summed E-state index contributed by atoms with van der Waals surface area (Å²) in [5.41, 5.74) is 6.74. The highest BCUT2D eigenvalue weighted by Crippen LogP contribution is 2.61. The minimum Gasteiger partial charge on any atom is -0.274 e. The third-order valence-corrected chi connectivity index (χ3v) is 8.08. The highest BCUT2D eigenvalue weighted by Gasteiger charge is 2.61. The van der Waals surface area contributed by atoms with Gasteiger partial charge in [0.05, 0.1) is 17.5 Å². The summed E-state index contributed by atoms with van der Waals surface area (Å²) in [6.45, 7) is 4.44. The van der Waals surface area contributed by atoms with Crippen LogP contribution >= 0.6 is 11.6 Å². The standard InChI is InChI=1S/C28H24ClNO2/c1-3-15(2)16-8-13-21-22(14-16)24-20-7-5-4-6-19(20)23(21)25-26(24)28(32)30(27(25)31)18-11-9-17(29)10-12-18/h4-15,23-26H,3H2,1-2H3. The van der Waals surface area contributed by atoms with Crippen molar-refractivity contribution >= 4 is 29.1 Å². The molecule has 2 bridgehead atoms. The molecule has 1 saturated heterocycles. The van der Waals surface area contributed by atoms with E-state index in [0.717, 1.165) is 6.42 Å². The van der Waals surface area contributed by atoms with Crippen LogP contribution in [0, 0.1) is 11.8 Å². The van der Waals surface area contributed by atoms with Crippen LogP contribution in [0.3, 0.4) is 0 Å². The average molecular weight is 442 g/mol. The molecule has 3 nitrogen and oxygen atoms in total. The van der Waals surface area contributed by atoms with E-state index in [2.05, 4.69) is 44.2 Å². The second-order valence-electron chi connectivity index (χ2n) is 9.32. The summed E-state index contributed by atoms with van der Waals surface area (Å²) in [5, 5.41) is 0.586. The van der Waals surface area contributed by atoms with Gasteiger partial charge >= 0.3 is 0 Å². The van der Waals surface area contributed by atoms with Gasteiger partial charge in [-0.2, -0.15) is 0 Å². The number of amides is 2. The van der Waals surface area contributed by atoms with Crippen LogP contribution in [0.25, 0.3) is 0 Å². The number of halogens is 1. The van der Waals surface area contributed by atoms with Crippen molar-refractivity contribution in [3.8, 4) is 0 Å². The molecule has 1 heterocycles. The molecule has 5 unspecified atom stereocenters. The molecule has 1 aliphatic heterocycles. The summed E-state index contributed by atoms with van der Waals surface area (Å²) in [5.74, 6) is -0.629. The molecule has 1 fully saturated rings. The molecule has 160 valence electrons. The largest absolute Gasteiger partial charge is 0.274 e. The Morgan fingerprint density at radius 3 is 1.97 bits per heavy atom. The first-order valence-corrected chi connectivity index (χ1v) is 11.7. The van der Waals surface area contributed by atoms with Gasteiger partial charge in [-0.05, 0) is 64.4 Å². The molecule has 0 saturated carbocycles. The van der Waals surface area contributed by atoms with Crippen LogP contribution in [0.5, 0.6) is 0 Å². The topological polar surface area (TPSA) is 37.4 Å². The van der Waals surface area contributed by atoms with Crippen molar-refractivity contribution < 1.29 is 9.59 Å². The lowest BCUT2D eigenvalue weighted by atomic mass is 9.54. The number of hydrogen-bond donors (Lipinski definition) is 0. The summed E-state index contributed by atoms with van der Waals surface area (Å²) in [7, 11) is 0. The van der Waals surface area contributed by atoms with Crippen molar-refractivity contribution in [2.45, 2.75) is 38.0 Å². The average Bonchev–Trinajstić information content (AvgIpc) is 3.09. The van der Waals surface area contributed by atoms with Gasteiger partial charge < -0.3 is 0 Å². The number of imide groups is 1. The summed E-state index contributed by atoms with van der Waals surface area (Å²) in [6, 6.07) is 22.1. The van der Waals surface area contributed by atoms with Crippen LogP contribution in [0.4, 0.5) is 5.69 Å². The monoisotopic (exact) mass is 441 g/mol. The maximum atomic E-state index is 13.8. The highest BCUT2D eigenvalue weighted by atomic mass is 35.5. The Balaban J connectivity index is 1.54. The van der Waals surface area contributed by atoms with Gasteiger partial charge in [-0.15, -0.1) is 0 Å². The zero-order chi connectivity index (χ0) is 22.1. The predicted octanol–water partition coefficient (Wildman–Crippen LogP) is 6.25. The third kappa shape index (κ3) is 2.55. The molecule has 3 aromatic carbocycles. The maximum Gasteiger partial charge on any atom is 0.238 e. The first-order chi connectivity index (χ1) is 15.5. The number of hydrogen-bond acceptors (Lipinski definition) is 2. The molecule has 3 aliphatic carbocycles. The molecule has 0 spiro atoms. The molecular weight excluding hydrogens is 418 g/mol. The van der Waals surface area contributed by atoms with E-state index in [4.69, 9.17) is 11.6 Å². The van der Waals surface area contributed by atoms with Gasteiger partial charge in [-0.1, -0.05) is 67.9 Å². The number of nitrogens with zero attached hydrogens (tertiary/aromatic N) is 1. The first kappa shape index (κ1) is 19.8. The van der Waals surface area contributed by atoms with Crippen LogP contribution in [0.2, 0.25) is 5.02 Å². The van der Waals surface area contributed by atoms with Crippen LogP contribution in [-0.4, -0.2) is 11.8 Å². The van der Waals surface area contributed by atoms with E-state index in [9.17, 15) is 9.59 Å². The van der Waals surface area contributed by atoms with Gasteiger partial charge in [0.15, 0.2) is 0 Å². The van der Waals surface area contributed by atoms with E-state index in [-0.39, 0.29) is 35.5 Å². The fourth-order valence-electron chi connectivity index (χ4n) is 6.13. The molecule has 2 amide bonds. The van der Waals surface area contributed by atoms with Crippen LogP contribution in [-0.2, 0) is 9.59 Å². The quantitative estimate of drug-likeness (QED) is 0.450. The lowest BCUT2D eigenvalue weighted by Crippen LogP contribution is -2.41. The first-order valence-electron chi connectivity index (χ1n) is 11.4. The zero-order valence-electron chi connectivity index (χ0n) is 18.1. The molecule has 0 radical (unpaired) electrons. The minimum atomic E-state index is -0.363. The van der Waals surface area contributed by atoms with Crippen molar-refractivity contribution in [1.82, 2.24) is 0 Å². The molecule has 4 heteroatoms. The molecule has 7 rings (SSSR count). The van der Waals surface area contributed by atoms with E-state index in [1.54, 1.807) is 24.3 Å². The zero-order valence-corrected chi connectivity index (χ0v) is 18.8. The second kappa shape index (κ2) is 7.05. The van der Waals surface area contributed by atoms with Gasteiger partial charge in [0.2, 0.25) is 11.8 Å². The summed E-state index contributed by atoms with van der Waals surface area (Å²) >= 11 is 6.05. The number of anilines is 1. The van der Waals surface area contributed by atoms with Crippen molar-refractivity contribution in [3.63, 3.8) is 0 Å². The van der Waals surface area contributed by atoms with E-state index < -0.39 is 0 Å². The van der Waals surface area contributed by atoms with Gasteiger partial charge in [0.25, 0.3) is 0 Å². The molecular formula is C28H24ClNO2. The molecule has 3 aromatic rings. The Kier molecular flexibility index (Phi) is 4.35. The molecule has 0 N–H and O–H groups in total. The fraction of sp³-hybridized carbons (Fsp3) is 0.286.